The molecule has 168 valence electrons. The first-order chi connectivity index (χ1) is 15.2. The molecule has 32 heavy (non-hydrogen) atoms. The van der Waals surface area contributed by atoms with Crippen molar-refractivity contribution in [2.75, 3.05) is 0 Å². The van der Waals surface area contributed by atoms with Gasteiger partial charge in [-0.1, -0.05) is 11.6 Å². The Morgan fingerprint density at radius 3 is 2.44 bits per heavy atom. The lowest BCUT2D eigenvalue weighted by Crippen LogP contribution is -2.41. The Bertz CT molecular complexity index is 1220. The summed E-state index contributed by atoms with van der Waals surface area (Å²) in [6.07, 6.45) is 2.20. The van der Waals surface area contributed by atoms with Gasteiger partial charge in [0.25, 0.3) is 0 Å². The first kappa shape index (κ1) is 22.5. The molecule has 1 aromatic heterocycles. The molecule has 0 bridgehead atoms. The molecule has 4 rings (SSSR count). The Hall–Kier alpha value is -2.65. The number of Topliss-reactive ketones (excluding diaryl/α,β-unsaturated/α-hetero) is 1. The number of nitrogens with zero attached hydrogens (tertiary/aromatic N) is 2. The molecule has 6 nitrogen and oxygen atoms in total. The molecular weight excluding hydrogens is 460 g/mol. The SMILES string of the molecule is O=C(C[C@H]1CC[C@@](c2cc(F)ccc2F)(S(=O)(=O)c2ccc(Cl)cc2)CC1)c1ncn[nH]1. The van der Waals surface area contributed by atoms with Crippen LogP contribution in [0.15, 0.2) is 53.7 Å². The van der Waals surface area contributed by atoms with E-state index < -0.39 is 26.2 Å². The van der Waals surface area contributed by atoms with Crippen molar-refractivity contribution < 1.29 is 22.0 Å². The summed E-state index contributed by atoms with van der Waals surface area (Å²) in [5.74, 6) is -1.68. The molecule has 3 aromatic rings. The topological polar surface area (TPSA) is 92.8 Å². The number of rotatable bonds is 6. The fourth-order valence-corrected chi connectivity index (χ4v) is 6.71. The lowest BCUT2D eigenvalue weighted by molar-refractivity contribution is 0.0935. The van der Waals surface area contributed by atoms with E-state index in [1.54, 1.807) is 0 Å². The van der Waals surface area contributed by atoms with E-state index in [-0.39, 0.29) is 47.2 Å². The predicted molar refractivity (Wildman–Crippen MR) is 114 cm³/mol. The molecule has 0 atom stereocenters. The van der Waals surface area contributed by atoms with E-state index in [0.717, 1.165) is 18.2 Å². The normalized spacial score (nSPS) is 21.4. The highest BCUT2D eigenvalue weighted by molar-refractivity contribution is 7.92. The second kappa shape index (κ2) is 8.71. The highest BCUT2D eigenvalue weighted by Gasteiger charge is 2.50. The Kier molecular flexibility index (Phi) is 6.13. The minimum atomic E-state index is -4.11. The zero-order valence-corrected chi connectivity index (χ0v) is 18.5. The van der Waals surface area contributed by atoms with Gasteiger partial charge in [0.2, 0.25) is 0 Å². The van der Waals surface area contributed by atoms with Crippen LogP contribution in [0.3, 0.4) is 0 Å². The number of ketones is 1. The first-order valence-corrected chi connectivity index (χ1v) is 11.9. The molecule has 2 aromatic carbocycles. The number of H-pyrrole nitrogens is 1. The summed E-state index contributed by atoms with van der Waals surface area (Å²) in [5.41, 5.74) is -0.188. The van der Waals surface area contributed by atoms with E-state index in [4.69, 9.17) is 11.6 Å². The first-order valence-electron chi connectivity index (χ1n) is 10.1. The lowest BCUT2D eigenvalue weighted by Gasteiger charge is -2.40. The van der Waals surface area contributed by atoms with Gasteiger partial charge in [0.15, 0.2) is 21.4 Å². The molecule has 0 saturated heterocycles. The van der Waals surface area contributed by atoms with Crippen molar-refractivity contribution in [2.24, 2.45) is 5.92 Å². The minimum absolute atomic E-state index is 0.0123. The van der Waals surface area contributed by atoms with Crippen molar-refractivity contribution in [3.05, 3.63) is 76.8 Å². The number of aromatic nitrogens is 3. The molecule has 1 heterocycles. The van der Waals surface area contributed by atoms with Crippen LogP contribution in [0.4, 0.5) is 8.78 Å². The standard InChI is InChI=1S/C22H20ClF2N3O3S/c23-15-1-4-17(5-2-15)32(30,31)22(18-12-16(24)3-6-19(18)25)9-7-14(8-10-22)11-20(29)21-26-13-27-28-21/h1-6,12-14H,7-11H2,(H,26,27,28)/t14-,22+. The van der Waals surface area contributed by atoms with Gasteiger partial charge in [0.05, 0.1) is 4.90 Å². The maximum absolute atomic E-state index is 14.9. The Balaban J connectivity index is 1.69. The van der Waals surface area contributed by atoms with Gasteiger partial charge in [-0.25, -0.2) is 22.2 Å². The van der Waals surface area contributed by atoms with Gasteiger partial charge in [-0.05, 0) is 74.1 Å². The number of aromatic amines is 1. The van der Waals surface area contributed by atoms with Crippen LogP contribution in [0.1, 0.15) is 48.3 Å². The average Bonchev–Trinajstić information content (AvgIpc) is 3.31. The summed E-state index contributed by atoms with van der Waals surface area (Å²) in [6.45, 7) is 0. The smallest absolute Gasteiger partial charge is 0.199 e. The van der Waals surface area contributed by atoms with Gasteiger partial charge in [-0.2, -0.15) is 5.10 Å². The summed E-state index contributed by atoms with van der Waals surface area (Å²) in [7, 11) is -4.11. The van der Waals surface area contributed by atoms with Gasteiger partial charge in [0.1, 0.15) is 22.7 Å². The summed E-state index contributed by atoms with van der Waals surface area (Å²) in [5, 5.41) is 6.56. The van der Waals surface area contributed by atoms with Crippen molar-refractivity contribution >= 4 is 27.2 Å². The van der Waals surface area contributed by atoms with Gasteiger partial charge >= 0.3 is 0 Å². The number of carbonyl (C=O) groups is 1. The number of benzene rings is 2. The summed E-state index contributed by atoms with van der Waals surface area (Å²) < 4.78 is 54.9. The molecule has 0 spiro atoms. The number of halogens is 3. The zero-order chi connectivity index (χ0) is 22.9. The van der Waals surface area contributed by atoms with Crippen LogP contribution in [0.5, 0.6) is 0 Å². The van der Waals surface area contributed by atoms with Crippen molar-refractivity contribution in [1.82, 2.24) is 15.2 Å². The van der Waals surface area contributed by atoms with Crippen molar-refractivity contribution in [3.8, 4) is 0 Å². The van der Waals surface area contributed by atoms with Crippen LogP contribution in [-0.4, -0.2) is 29.4 Å². The second-order valence-corrected chi connectivity index (χ2v) is 10.7. The van der Waals surface area contributed by atoms with Gasteiger partial charge in [0, 0.05) is 17.0 Å². The summed E-state index contributed by atoms with van der Waals surface area (Å²) in [4.78, 5) is 16.2. The molecule has 1 fully saturated rings. The molecular formula is C22H20ClF2N3O3S. The molecule has 0 radical (unpaired) electrons. The van der Waals surface area contributed by atoms with Gasteiger partial charge in [-0.3, -0.25) is 9.89 Å². The molecule has 0 aliphatic heterocycles. The predicted octanol–water partition coefficient (Wildman–Crippen LogP) is 4.87. The number of carbonyl (C=O) groups excluding carboxylic acids is 1. The largest absolute Gasteiger partial charge is 0.291 e. The van der Waals surface area contributed by atoms with E-state index >= 15 is 0 Å². The molecule has 1 aliphatic carbocycles. The molecule has 1 saturated carbocycles. The third kappa shape index (κ3) is 4.06. The maximum Gasteiger partial charge on any atom is 0.199 e. The maximum atomic E-state index is 14.9. The molecule has 10 heteroatoms. The monoisotopic (exact) mass is 479 g/mol. The third-order valence-corrected chi connectivity index (χ3v) is 8.93. The number of hydrogen-bond acceptors (Lipinski definition) is 5. The summed E-state index contributed by atoms with van der Waals surface area (Å²) >= 11 is 5.91. The van der Waals surface area contributed by atoms with E-state index in [9.17, 15) is 22.0 Å². The number of nitrogens with one attached hydrogen (secondary N) is 1. The third-order valence-electron chi connectivity index (χ3n) is 6.12. The van der Waals surface area contributed by atoms with Crippen molar-refractivity contribution in [1.29, 1.82) is 0 Å². The van der Waals surface area contributed by atoms with Crippen molar-refractivity contribution in [2.45, 2.75) is 41.7 Å². The van der Waals surface area contributed by atoms with E-state index in [1.165, 1.54) is 30.6 Å². The van der Waals surface area contributed by atoms with Crippen molar-refractivity contribution in [3.63, 3.8) is 0 Å². The highest BCUT2D eigenvalue weighted by Crippen LogP contribution is 2.49. The Labute approximate surface area is 188 Å². The Morgan fingerprint density at radius 2 is 1.81 bits per heavy atom. The van der Waals surface area contributed by atoms with Crippen LogP contribution >= 0.6 is 11.6 Å². The fraction of sp³-hybridized carbons (Fsp3) is 0.318. The molecule has 1 aliphatic rings. The number of hydrogen-bond donors (Lipinski definition) is 1. The molecule has 1 N–H and O–H groups in total. The van der Waals surface area contributed by atoms with Crippen LogP contribution in [-0.2, 0) is 14.6 Å². The van der Waals surface area contributed by atoms with E-state index in [1.807, 2.05) is 0 Å². The zero-order valence-electron chi connectivity index (χ0n) is 16.9. The lowest BCUT2D eigenvalue weighted by atomic mass is 9.76. The van der Waals surface area contributed by atoms with Gasteiger partial charge in [-0.15, -0.1) is 0 Å². The van der Waals surface area contributed by atoms with E-state index in [2.05, 4.69) is 15.2 Å². The summed E-state index contributed by atoms with van der Waals surface area (Å²) in [6, 6.07) is 8.51. The van der Waals surface area contributed by atoms with Crippen LogP contribution < -0.4 is 0 Å². The van der Waals surface area contributed by atoms with E-state index in [0.29, 0.717) is 17.9 Å². The molecule has 0 amide bonds. The van der Waals surface area contributed by atoms with Crippen LogP contribution in [0.2, 0.25) is 5.02 Å². The average molecular weight is 480 g/mol. The quantitative estimate of drug-likeness (QED) is 0.509. The second-order valence-electron chi connectivity index (χ2n) is 7.98. The fourth-order valence-electron chi connectivity index (χ4n) is 4.42. The molecule has 0 unspecified atom stereocenters. The van der Waals surface area contributed by atoms with Crippen LogP contribution in [0, 0.1) is 17.6 Å². The number of sulfone groups is 1. The minimum Gasteiger partial charge on any atom is -0.291 e. The Morgan fingerprint density at radius 1 is 1.12 bits per heavy atom. The highest BCUT2D eigenvalue weighted by atomic mass is 35.5. The van der Waals surface area contributed by atoms with Gasteiger partial charge < -0.3 is 0 Å². The van der Waals surface area contributed by atoms with Crippen LogP contribution in [0.25, 0.3) is 0 Å².